The van der Waals surface area contributed by atoms with Crippen LogP contribution in [0, 0.1) is 6.92 Å². The number of anilines is 1. The molecule has 1 unspecified atom stereocenters. The minimum atomic E-state index is -0.668. The molecule has 0 saturated heterocycles. The highest BCUT2D eigenvalue weighted by Crippen LogP contribution is 2.15. The van der Waals surface area contributed by atoms with E-state index in [-0.39, 0.29) is 17.7 Å². The standard InChI is InChI=1S/C22H27N3O4/c1-4-20(26)23-12-13-24-22(28)17-8-10-18(11-9-17)25-21(27)16(3)29-19-7-5-6-15(2)14-19/h5-11,14,16H,4,12-13H2,1-3H3,(H,23,26)(H,24,28)(H,25,27). The van der Waals surface area contributed by atoms with Gasteiger partial charge in [-0.3, -0.25) is 14.4 Å². The number of nitrogens with one attached hydrogen (secondary N) is 3. The maximum Gasteiger partial charge on any atom is 0.265 e. The van der Waals surface area contributed by atoms with Crippen LogP contribution in [-0.2, 0) is 9.59 Å². The van der Waals surface area contributed by atoms with Gasteiger partial charge in [-0.25, -0.2) is 0 Å². The van der Waals surface area contributed by atoms with Crippen molar-refractivity contribution in [2.24, 2.45) is 0 Å². The van der Waals surface area contributed by atoms with Gasteiger partial charge in [0.2, 0.25) is 5.91 Å². The molecule has 7 heteroatoms. The molecule has 0 bridgehead atoms. The summed E-state index contributed by atoms with van der Waals surface area (Å²) in [7, 11) is 0. The van der Waals surface area contributed by atoms with Crippen molar-refractivity contribution in [3.63, 3.8) is 0 Å². The van der Waals surface area contributed by atoms with Crippen molar-refractivity contribution in [2.45, 2.75) is 33.3 Å². The minimum Gasteiger partial charge on any atom is -0.481 e. The molecular weight excluding hydrogens is 370 g/mol. The largest absolute Gasteiger partial charge is 0.481 e. The van der Waals surface area contributed by atoms with E-state index in [9.17, 15) is 14.4 Å². The smallest absolute Gasteiger partial charge is 0.265 e. The summed E-state index contributed by atoms with van der Waals surface area (Å²) in [6.07, 6.45) is -0.256. The number of hydrogen-bond acceptors (Lipinski definition) is 4. The molecule has 0 aliphatic heterocycles. The van der Waals surface area contributed by atoms with Crippen molar-refractivity contribution in [3.8, 4) is 5.75 Å². The van der Waals surface area contributed by atoms with Gasteiger partial charge < -0.3 is 20.7 Å². The predicted molar refractivity (Wildman–Crippen MR) is 112 cm³/mol. The normalized spacial score (nSPS) is 11.3. The highest BCUT2D eigenvalue weighted by Gasteiger charge is 2.15. The van der Waals surface area contributed by atoms with Crippen molar-refractivity contribution in [1.82, 2.24) is 10.6 Å². The highest BCUT2D eigenvalue weighted by molar-refractivity contribution is 5.96. The Bertz CT molecular complexity index is 849. The van der Waals surface area contributed by atoms with E-state index in [2.05, 4.69) is 16.0 Å². The van der Waals surface area contributed by atoms with Crippen LogP contribution in [0.25, 0.3) is 0 Å². The first-order valence-corrected chi connectivity index (χ1v) is 9.58. The summed E-state index contributed by atoms with van der Waals surface area (Å²) in [5.41, 5.74) is 2.09. The molecule has 3 N–H and O–H groups in total. The number of carbonyl (C=O) groups excluding carboxylic acids is 3. The molecule has 0 aliphatic carbocycles. The fourth-order valence-electron chi connectivity index (χ4n) is 2.50. The van der Waals surface area contributed by atoms with E-state index in [4.69, 9.17) is 4.74 Å². The van der Waals surface area contributed by atoms with Crippen LogP contribution in [0.5, 0.6) is 5.75 Å². The Labute approximate surface area is 170 Å². The van der Waals surface area contributed by atoms with E-state index in [0.717, 1.165) is 5.56 Å². The maximum atomic E-state index is 12.3. The third-order valence-electron chi connectivity index (χ3n) is 4.14. The fourth-order valence-corrected chi connectivity index (χ4v) is 2.50. The second kappa shape index (κ2) is 10.8. The number of benzene rings is 2. The van der Waals surface area contributed by atoms with Gasteiger partial charge in [0, 0.05) is 30.8 Å². The van der Waals surface area contributed by atoms with E-state index in [1.165, 1.54) is 0 Å². The maximum absolute atomic E-state index is 12.3. The Kier molecular flexibility index (Phi) is 8.21. The lowest BCUT2D eigenvalue weighted by Crippen LogP contribution is -2.34. The van der Waals surface area contributed by atoms with Gasteiger partial charge in [-0.15, -0.1) is 0 Å². The Morgan fingerprint density at radius 1 is 1.00 bits per heavy atom. The Morgan fingerprint density at radius 3 is 2.34 bits per heavy atom. The van der Waals surface area contributed by atoms with Crippen molar-refractivity contribution in [2.75, 3.05) is 18.4 Å². The van der Waals surface area contributed by atoms with Gasteiger partial charge in [0.05, 0.1) is 0 Å². The van der Waals surface area contributed by atoms with E-state index >= 15 is 0 Å². The Hall–Kier alpha value is -3.35. The van der Waals surface area contributed by atoms with Gasteiger partial charge in [-0.05, 0) is 55.8 Å². The molecule has 154 valence electrons. The van der Waals surface area contributed by atoms with E-state index < -0.39 is 6.10 Å². The van der Waals surface area contributed by atoms with Crippen molar-refractivity contribution in [3.05, 3.63) is 59.7 Å². The summed E-state index contributed by atoms with van der Waals surface area (Å²) in [4.78, 5) is 35.6. The molecule has 0 radical (unpaired) electrons. The van der Waals surface area contributed by atoms with Crippen LogP contribution >= 0.6 is 0 Å². The SMILES string of the molecule is CCC(=O)NCCNC(=O)c1ccc(NC(=O)C(C)Oc2cccc(C)c2)cc1. The lowest BCUT2D eigenvalue weighted by Gasteiger charge is -2.15. The number of amides is 3. The van der Waals surface area contributed by atoms with Crippen LogP contribution in [0.4, 0.5) is 5.69 Å². The summed E-state index contributed by atoms with van der Waals surface area (Å²) in [6, 6.07) is 14.1. The zero-order valence-electron chi connectivity index (χ0n) is 17.0. The number of carbonyl (C=O) groups is 3. The third-order valence-corrected chi connectivity index (χ3v) is 4.14. The molecule has 0 heterocycles. The van der Waals surface area contributed by atoms with Crippen LogP contribution < -0.4 is 20.7 Å². The van der Waals surface area contributed by atoms with Gasteiger partial charge >= 0.3 is 0 Å². The van der Waals surface area contributed by atoms with E-state index in [0.29, 0.717) is 36.5 Å². The lowest BCUT2D eigenvalue weighted by molar-refractivity contribution is -0.122. The quantitative estimate of drug-likeness (QED) is 0.567. The molecule has 2 rings (SSSR count). The Morgan fingerprint density at radius 2 is 1.69 bits per heavy atom. The molecule has 0 fully saturated rings. The summed E-state index contributed by atoms with van der Waals surface area (Å²) in [5, 5.41) is 8.19. The summed E-state index contributed by atoms with van der Waals surface area (Å²) >= 11 is 0. The molecule has 0 saturated carbocycles. The molecule has 2 aromatic rings. The molecule has 0 aromatic heterocycles. The lowest BCUT2D eigenvalue weighted by atomic mass is 10.2. The summed E-state index contributed by atoms with van der Waals surface area (Å²) < 4.78 is 5.66. The molecule has 0 spiro atoms. The van der Waals surface area contributed by atoms with Crippen molar-refractivity contribution >= 4 is 23.4 Å². The van der Waals surface area contributed by atoms with E-state index in [1.807, 2.05) is 25.1 Å². The summed E-state index contributed by atoms with van der Waals surface area (Å²) in [5.74, 6) is 0.0508. The predicted octanol–water partition coefficient (Wildman–Crippen LogP) is 2.66. The van der Waals surface area contributed by atoms with Crippen LogP contribution in [0.15, 0.2) is 48.5 Å². The first-order chi connectivity index (χ1) is 13.9. The monoisotopic (exact) mass is 397 g/mol. The second-order valence-electron chi connectivity index (χ2n) is 6.60. The van der Waals surface area contributed by atoms with Crippen LogP contribution in [0.2, 0.25) is 0 Å². The van der Waals surface area contributed by atoms with Gasteiger partial charge in [-0.2, -0.15) is 0 Å². The fraction of sp³-hybridized carbons (Fsp3) is 0.318. The second-order valence-corrected chi connectivity index (χ2v) is 6.60. The number of aryl methyl sites for hydroxylation is 1. The number of rotatable bonds is 9. The molecule has 1 atom stereocenters. The van der Waals surface area contributed by atoms with Crippen LogP contribution in [-0.4, -0.2) is 36.9 Å². The number of hydrogen-bond donors (Lipinski definition) is 3. The van der Waals surface area contributed by atoms with Crippen LogP contribution in [0.3, 0.4) is 0 Å². The third kappa shape index (κ3) is 7.29. The molecule has 2 aromatic carbocycles. The minimum absolute atomic E-state index is 0.0556. The van der Waals surface area contributed by atoms with Gasteiger partial charge in [0.15, 0.2) is 6.10 Å². The first-order valence-electron chi connectivity index (χ1n) is 9.58. The van der Waals surface area contributed by atoms with Gasteiger partial charge in [0.25, 0.3) is 11.8 Å². The van der Waals surface area contributed by atoms with E-state index in [1.54, 1.807) is 44.2 Å². The van der Waals surface area contributed by atoms with Crippen molar-refractivity contribution < 1.29 is 19.1 Å². The molecule has 3 amide bonds. The molecular formula is C22H27N3O4. The van der Waals surface area contributed by atoms with Gasteiger partial charge in [-0.1, -0.05) is 19.1 Å². The Balaban J connectivity index is 1.82. The molecule has 29 heavy (non-hydrogen) atoms. The average Bonchev–Trinajstić information content (AvgIpc) is 2.71. The molecule has 0 aliphatic rings. The summed E-state index contributed by atoms with van der Waals surface area (Å²) in [6.45, 7) is 6.12. The topological polar surface area (TPSA) is 96.5 Å². The number of ether oxygens (including phenoxy) is 1. The first kappa shape index (κ1) is 21.9. The highest BCUT2D eigenvalue weighted by atomic mass is 16.5. The van der Waals surface area contributed by atoms with Crippen molar-refractivity contribution in [1.29, 1.82) is 0 Å². The molecule has 7 nitrogen and oxygen atoms in total. The zero-order chi connectivity index (χ0) is 21.2. The average molecular weight is 397 g/mol. The zero-order valence-corrected chi connectivity index (χ0v) is 17.0. The van der Waals surface area contributed by atoms with Gasteiger partial charge in [0.1, 0.15) is 5.75 Å². The van der Waals surface area contributed by atoms with Crippen LogP contribution in [0.1, 0.15) is 36.2 Å².